The summed E-state index contributed by atoms with van der Waals surface area (Å²) in [5.41, 5.74) is 0. The lowest BCUT2D eigenvalue weighted by Crippen LogP contribution is -1.82. The van der Waals surface area contributed by atoms with Gasteiger partial charge in [0.05, 0.1) is 13.7 Å². The lowest BCUT2D eigenvalue weighted by atomic mass is 10.1. The Balaban J connectivity index is 2.94. The van der Waals surface area contributed by atoms with E-state index in [9.17, 15) is 0 Å². The minimum atomic E-state index is 0.651. The molecular weight excluding hydrogens is 208 g/mol. The van der Waals surface area contributed by atoms with Crippen molar-refractivity contribution in [2.24, 2.45) is 0 Å². The Morgan fingerprint density at radius 1 is 0.765 bits per heavy atom. The first-order chi connectivity index (χ1) is 8.41. The van der Waals surface area contributed by atoms with Crippen molar-refractivity contribution in [2.45, 2.75) is 77.6 Å². The van der Waals surface area contributed by atoms with Crippen molar-refractivity contribution in [3.63, 3.8) is 0 Å². The van der Waals surface area contributed by atoms with E-state index in [1.54, 1.807) is 0 Å². The van der Waals surface area contributed by atoms with Gasteiger partial charge in [0.1, 0.15) is 0 Å². The highest BCUT2D eigenvalue weighted by atomic mass is 16.5. The quantitative estimate of drug-likeness (QED) is 0.297. The third kappa shape index (κ3) is 15.7. The zero-order chi connectivity index (χ0) is 12.6. The van der Waals surface area contributed by atoms with E-state index in [-0.39, 0.29) is 0 Å². The molecule has 17 heavy (non-hydrogen) atoms. The van der Waals surface area contributed by atoms with Crippen molar-refractivity contribution in [3.05, 3.63) is 19.3 Å². The van der Waals surface area contributed by atoms with E-state index >= 15 is 0 Å². The molecule has 0 fully saturated rings. The lowest BCUT2D eigenvalue weighted by Gasteiger charge is -2.01. The van der Waals surface area contributed by atoms with Crippen molar-refractivity contribution in [2.75, 3.05) is 6.61 Å². The Labute approximate surface area is 109 Å². The van der Waals surface area contributed by atoms with Gasteiger partial charge in [-0.3, -0.25) is 0 Å². The van der Waals surface area contributed by atoms with E-state index in [1.807, 2.05) is 0 Å². The van der Waals surface area contributed by atoms with Crippen LogP contribution >= 0.6 is 0 Å². The zero-order valence-electron chi connectivity index (χ0n) is 11.8. The Bertz CT molecular complexity index is 152. The molecule has 0 aliphatic rings. The number of hydrogen-bond acceptors (Lipinski definition) is 1. The molecule has 1 radical (unpaired) electrons. The third-order valence-electron chi connectivity index (χ3n) is 3.11. The summed E-state index contributed by atoms with van der Waals surface area (Å²) in [5.74, 6) is 0. The van der Waals surface area contributed by atoms with Gasteiger partial charge in [0.25, 0.3) is 0 Å². The fraction of sp³-hybridized carbons (Fsp3) is 0.812. The first kappa shape index (κ1) is 16.7. The van der Waals surface area contributed by atoms with Crippen molar-refractivity contribution >= 4 is 0 Å². The second-order valence-electron chi connectivity index (χ2n) is 4.81. The Kier molecular flexibility index (Phi) is 15.4. The van der Waals surface area contributed by atoms with E-state index in [0.29, 0.717) is 6.61 Å². The minimum Gasteiger partial charge on any atom is -0.375 e. The van der Waals surface area contributed by atoms with Crippen LogP contribution in [0.2, 0.25) is 0 Å². The molecule has 0 aromatic rings. The second-order valence-corrected chi connectivity index (χ2v) is 4.81. The molecule has 0 aliphatic carbocycles. The van der Waals surface area contributed by atoms with Crippen molar-refractivity contribution < 1.29 is 4.74 Å². The number of unbranched alkanes of at least 4 members (excludes halogenated alkanes) is 10. The van der Waals surface area contributed by atoms with Gasteiger partial charge in [-0.05, 0) is 12.8 Å². The van der Waals surface area contributed by atoms with Crippen LogP contribution in [0, 0.1) is 7.11 Å². The first-order valence-corrected chi connectivity index (χ1v) is 7.43. The van der Waals surface area contributed by atoms with Crippen molar-refractivity contribution in [3.8, 4) is 0 Å². The monoisotopic (exact) mass is 239 g/mol. The van der Waals surface area contributed by atoms with Crippen LogP contribution in [0.15, 0.2) is 12.2 Å². The molecule has 0 rings (SSSR count). The third-order valence-corrected chi connectivity index (χ3v) is 3.11. The lowest BCUT2D eigenvalue weighted by molar-refractivity contribution is 0.281. The Morgan fingerprint density at radius 2 is 1.29 bits per heavy atom. The summed E-state index contributed by atoms with van der Waals surface area (Å²) in [5, 5.41) is 0. The van der Waals surface area contributed by atoms with E-state index in [0.717, 1.165) is 0 Å². The summed E-state index contributed by atoms with van der Waals surface area (Å²) in [4.78, 5) is 0. The van der Waals surface area contributed by atoms with Gasteiger partial charge in [0.2, 0.25) is 0 Å². The maximum atomic E-state index is 4.70. The summed E-state index contributed by atoms with van der Waals surface area (Å²) < 4.78 is 4.70. The number of ether oxygens (including phenoxy) is 1. The fourth-order valence-electron chi connectivity index (χ4n) is 2.00. The normalized spacial score (nSPS) is 11.4. The fourth-order valence-corrected chi connectivity index (χ4v) is 2.00. The molecule has 0 spiro atoms. The van der Waals surface area contributed by atoms with Crippen molar-refractivity contribution in [1.29, 1.82) is 0 Å². The highest BCUT2D eigenvalue weighted by Gasteiger charge is 1.91. The van der Waals surface area contributed by atoms with Crippen LogP contribution in [0.3, 0.4) is 0 Å². The average molecular weight is 239 g/mol. The van der Waals surface area contributed by atoms with E-state index in [2.05, 4.69) is 26.2 Å². The van der Waals surface area contributed by atoms with Crippen LogP contribution in [-0.4, -0.2) is 6.61 Å². The summed E-state index contributed by atoms with van der Waals surface area (Å²) in [6, 6.07) is 0. The van der Waals surface area contributed by atoms with Gasteiger partial charge < -0.3 is 4.74 Å². The average Bonchev–Trinajstić information content (AvgIpc) is 2.35. The highest BCUT2D eigenvalue weighted by molar-refractivity contribution is 4.81. The molecule has 0 heterocycles. The minimum absolute atomic E-state index is 0.651. The van der Waals surface area contributed by atoms with E-state index in [1.165, 1.54) is 70.6 Å². The van der Waals surface area contributed by atoms with Gasteiger partial charge in [-0.2, -0.15) is 0 Å². The predicted molar refractivity (Wildman–Crippen MR) is 76.9 cm³/mol. The van der Waals surface area contributed by atoms with Gasteiger partial charge in [-0.1, -0.05) is 76.9 Å². The molecule has 0 bridgehead atoms. The molecule has 101 valence electrons. The standard InChI is InChI=1S/C16H31O/c1-3-4-5-6-7-8-9-10-11-12-13-14-15-16-17-2/h14-15H,2-13,16H2,1H3. The van der Waals surface area contributed by atoms with Crippen LogP contribution in [0.1, 0.15) is 77.6 Å². The largest absolute Gasteiger partial charge is 0.375 e. The van der Waals surface area contributed by atoms with Gasteiger partial charge >= 0.3 is 0 Å². The molecule has 0 N–H and O–H groups in total. The molecule has 0 unspecified atom stereocenters. The van der Waals surface area contributed by atoms with Crippen molar-refractivity contribution in [1.82, 2.24) is 0 Å². The molecule has 0 aromatic carbocycles. The molecular formula is C16H31O. The van der Waals surface area contributed by atoms with Crippen LogP contribution < -0.4 is 0 Å². The second kappa shape index (κ2) is 15.7. The Morgan fingerprint density at radius 3 is 1.82 bits per heavy atom. The maximum Gasteiger partial charge on any atom is 0.0704 e. The summed E-state index contributed by atoms with van der Waals surface area (Å²) in [6.07, 6.45) is 19.5. The molecule has 0 amide bonds. The Hall–Kier alpha value is -0.300. The first-order valence-electron chi connectivity index (χ1n) is 7.43. The van der Waals surface area contributed by atoms with Gasteiger partial charge in [-0.25, -0.2) is 0 Å². The zero-order valence-corrected chi connectivity index (χ0v) is 11.8. The van der Waals surface area contributed by atoms with Gasteiger partial charge in [0, 0.05) is 0 Å². The number of hydrogen-bond donors (Lipinski definition) is 0. The van der Waals surface area contributed by atoms with E-state index in [4.69, 9.17) is 4.74 Å². The molecule has 0 saturated carbocycles. The topological polar surface area (TPSA) is 9.23 Å². The summed E-state index contributed by atoms with van der Waals surface area (Å²) in [6.45, 7) is 2.93. The smallest absolute Gasteiger partial charge is 0.0704 e. The molecule has 0 aromatic heterocycles. The molecule has 0 atom stereocenters. The summed E-state index contributed by atoms with van der Waals surface area (Å²) >= 11 is 0. The molecule has 1 heteroatoms. The number of rotatable bonds is 13. The molecule has 1 nitrogen and oxygen atoms in total. The van der Waals surface area contributed by atoms with Gasteiger partial charge in [-0.15, -0.1) is 0 Å². The molecule has 0 saturated heterocycles. The van der Waals surface area contributed by atoms with Crippen LogP contribution in [-0.2, 0) is 4.74 Å². The molecule has 0 aliphatic heterocycles. The number of allylic oxidation sites excluding steroid dienone is 1. The van der Waals surface area contributed by atoms with Crippen LogP contribution in [0.4, 0.5) is 0 Å². The van der Waals surface area contributed by atoms with Crippen LogP contribution in [0.5, 0.6) is 0 Å². The predicted octanol–water partition coefficient (Wildman–Crippen LogP) is 5.66. The summed E-state index contributed by atoms with van der Waals surface area (Å²) in [7, 11) is 3.33. The van der Waals surface area contributed by atoms with Crippen LogP contribution in [0.25, 0.3) is 0 Å². The maximum absolute atomic E-state index is 4.70. The van der Waals surface area contributed by atoms with Gasteiger partial charge in [0.15, 0.2) is 0 Å². The SMILES string of the molecule is [CH2]OCC=CCCCCCCCCCCCC. The highest BCUT2D eigenvalue weighted by Crippen LogP contribution is 2.11. The van der Waals surface area contributed by atoms with E-state index < -0.39 is 0 Å².